The molecule has 0 aromatic carbocycles. The largest absolute Gasteiger partial charge is 0.350 e. The molecular weight excluding hydrogens is 237 g/mol. The minimum atomic E-state index is -3.09. The molecule has 13 heavy (non-hydrogen) atoms. The Bertz CT molecular complexity index is 303. The van der Waals surface area contributed by atoms with Crippen molar-refractivity contribution in [2.24, 2.45) is 0 Å². The van der Waals surface area contributed by atoms with Crippen LogP contribution >= 0.6 is 23.2 Å². The Morgan fingerprint density at radius 2 is 2.08 bits per heavy atom. The van der Waals surface area contributed by atoms with Gasteiger partial charge in [0.15, 0.2) is 9.84 Å². The Kier molecular flexibility index (Phi) is 3.43. The standard InChI is InChI=1S/C6H9Cl2NO3S/c7-1-6(10)9-5-3-13(11,12)2-4(5)8/h4-5H,1-3H2,(H,9,10). The molecule has 0 aromatic heterocycles. The molecule has 0 aliphatic carbocycles. The van der Waals surface area contributed by atoms with Gasteiger partial charge in [0.2, 0.25) is 5.91 Å². The SMILES string of the molecule is O=C(CCl)NC1CS(=O)(=O)CC1Cl. The number of carbonyl (C=O) groups is 1. The summed E-state index contributed by atoms with van der Waals surface area (Å²) in [7, 11) is -3.09. The smallest absolute Gasteiger partial charge is 0.235 e. The molecule has 1 N–H and O–H groups in total. The topological polar surface area (TPSA) is 63.2 Å². The highest BCUT2D eigenvalue weighted by molar-refractivity contribution is 7.91. The summed E-state index contributed by atoms with van der Waals surface area (Å²) in [5.74, 6) is -0.749. The Balaban J connectivity index is 2.59. The quantitative estimate of drug-likeness (QED) is 0.683. The number of sulfone groups is 1. The number of carbonyl (C=O) groups excluding carboxylic acids is 1. The molecule has 0 spiro atoms. The summed E-state index contributed by atoms with van der Waals surface area (Å²) in [4.78, 5) is 10.8. The van der Waals surface area contributed by atoms with Crippen molar-refractivity contribution in [2.45, 2.75) is 11.4 Å². The molecule has 7 heteroatoms. The van der Waals surface area contributed by atoms with Crippen LogP contribution in [-0.2, 0) is 14.6 Å². The summed E-state index contributed by atoms with van der Waals surface area (Å²) >= 11 is 11.0. The summed E-state index contributed by atoms with van der Waals surface area (Å²) < 4.78 is 22.1. The van der Waals surface area contributed by atoms with Gasteiger partial charge in [0.1, 0.15) is 5.88 Å². The van der Waals surface area contributed by atoms with Crippen LogP contribution in [0.3, 0.4) is 0 Å². The van der Waals surface area contributed by atoms with Crippen molar-refractivity contribution in [3.8, 4) is 0 Å². The first kappa shape index (κ1) is 11.1. The van der Waals surface area contributed by atoms with Crippen LogP contribution in [0.25, 0.3) is 0 Å². The molecule has 0 aromatic rings. The second-order valence-electron chi connectivity index (χ2n) is 2.90. The average Bonchev–Trinajstić information content (AvgIpc) is 2.24. The van der Waals surface area contributed by atoms with Crippen LogP contribution in [0.15, 0.2) is 0 Å². The van der Waals surface area contributed by atoms with Crippen molar-refractivity contribution in [1.82, 2.24) is 5.32 Å². The lowest BCUT2D eigenvalue weighted by Gasteiger charge is -2.12. The van der Waals surface area contributed by atoms with Gasteiger partial charge >= 0.3 is 0 Å². The van der Waals surface area contributed by atoms with Crippen LogP contribution in [0, 0.1) is 0 Å². The molecule has 1 aliphatic heterocycles. The molecule has 1 fully saturated rings. The molecular formula is C6H9Cl2NO3S. The fourth-order valence-corrected chi connectivity index (χ4v) is 3.81. The van der Waals surface area contributed by atoms with Crippen molar-refractivity contribution in [1.29, 1.82) is 0 Å². The molecule has 76 valence electrons. The van der Waals surface area contributed by atoms with E-state index in [1.165, 1.54) is 0 Å². The molecule has 1 heterocycles. The highest BCUT2D eigenvalue weighted by Crippen LogP contribution is 2.17. The molecule has 1 aliphatic rings. The number of hydrogen-bond donors (Lipinski definition) is 1. The average molecular weight is 246 g/mol. The lowest BCUT2D eigenvalue weighted by atomic mass is 10.2. The van der Waals surface area contributed by atoms with E-state index in [4.69, 9.17) is 23.2 Å². The van der Waals surface area contributed by atoms with Gasteiger partial charge in [-0.05, 0) is 0 Å². The highest BCUT2D eigenvalue weighted by Gasteiger charge is 2.36. The monoisotopic (exact) mass is 245 g/mol. The molecule has 2 atom stereocenters. The first-order valence-corrected chi connectivity index (χ1v) is 6.43. The minimum absolute atomic E-state index is 0.0816. The van der Waals surface area contributed by atoms with Crippen LogP contribution in [0.5, 0.6) is 0 Å². The van der Waals surface area contributed by atoms with E-state index in [1.54, 1.807) is 0 Å². The van der Waals surface area contributed by atoms with E-state index < -0.39 is 27.2 Å². The third-order valence-electron chi connectivity index (χ3n) is 1.75. The third kappa shape index (κ3) is 3.00. The third-order valence-corrected chi connectivity index (χ3v) is 4.37. The van der Waals surface area contributed by atoms with Crippen molar-refractivity contribution >= 4 is 38.9 Å². The van der Waals surface area contributed by atoms with Gasteiger partial charge in [-0.25, -0.2) is 8.42 Å². The molecule has 1 saturated heterocycles. The molecule has 4 nitrogen and oxygen atoms in total. The van der Waals surface area contributed by atoms with Gasteiger partial charge in [-0.3, -0.25) is 4.79 Å². The Morgan fingerprint density at radius 3 is 2.46 bits per heavy atom. The van der Waals surface area contributed by atoms with Crippen molar-refractivity contribution < 1.29 is 13.2 Å². The predicted octanol–water partition coefficient (Wildman–Crippen LogP) is -0.254. The summed E-state index contributed by atoms with van der Waals surface area (Å²) in [6.07, 6.45) is 0. The number of amides is 1. The van der Waals surface area contributed by atoms with Crippen LogP contribution in [0.2, 0.25) is 0 Å². The summed E-state index contributed by atoms with van der Waals surface area (Å²) in [5, 5.41) is 1.91. The van der Waals surface area contributed by atoms with Crippen molar-refractivity contribution in [2.75, 3.05) is 17.4 Å². The van der Waals surface area contributed by atoms with Crippen LogP contribution < -0.4 is 5.32 Å². The summed E-state index contributed by atoms with van der Waals surface area (Å²) in [6.45, 7) is 0. The first-order valence-electron chi connectivity index (χ1n) is 3.64. The molecule has 1 rings (SSSR count). The zero-order chi connectivity index (χ0) is 10.1. The van der Waals surface area contributed by atoms with E-state index in [0.29, 0.717) is 0 Å². The normalized spacial score (nSPS) is 31.5. The van der Waals surface area contributed by atoms with Gasteiger partial charge < -0.3 is 5.32 Å². The van der Waals surface area contributed by atoms with Gasteiger partial charge in [0.05, 0.1) is 22.9 Å². The minimum Gasteiger partial charge on any atom is -0.350 e. The zero-order valence-electron chi connectivity index (χ0n) is 6.66. The van der Waals surface area contributed by atoms with E-state index in [1.807, 2.05) is 0 Å². The zero-order valence-corrected chi connectivity index (χ0v) is 8.99. The number of rotatable bonds is 2. The maximum Gasteiger partial charge on any atom is 0.235 e. The van der Waals surface area contributed by atoms with Crippen LogP contribution in [0.4, 0.5) is 0 Å². The Hall–Kier alpha value is -0.000000000000000111. The molecule has 0 bridgehead atoms. The van der Waals surface area contributed by atoms with E-state index >= 15 is 0 Å². The van der Waals surface area contributed by atoms with Crippen LogP contribution in [-0.4, -0.2) is 43.1 Å². The maximum atomic E-state index is 11.1. The van der Waals surface area contributed by atoms with Crippen LogP contribution in [0.1, 0.15) is 0 Å². The summed E-state index contributed by atoms with van der Waals surface area (Å²) in [5.41, 5.74) is 0. The van der Waals surface area contributed by atoms with Gasteiger partial charge in [-0.1, -0.05) is 0 Å². The van der Waals surface area contributed by atoms with E-state index in [9.17, 15) is 13.2 Å². The number of halogens is 2. The second kappa shape index (κ2) is 4.02. The fraction of sp³-hybridized carbons (Fsp3) is 0.833. The number of nitrogens with one attached hydrogen (secondary N) is 1. The van der Waals surface area contributed by atoms with Crippen molar-refractivity contribution in [3.63, 3.8) is 0 Å². The molecule has 2 unspecified atom stereocenters. The lowest BCUT2D eigenvalue weighted by Crippen LogP contribution is -2.41. The predicted molar refractivity (Wildman–Crippen MR) is 50.9 cm³/mol. The van der Waals surface area contributed by atoms with E-state index in [0.717, 1.165) is 0 Å². The number of alkyl halides is 2. The molecule has 0 saturated carbocycles. The molecule has 1 amide bonds. The fourth-order valence-electron chi connectivity index (χ4n) is 1.18. The van der Waals surface area contributed by atoms with Gasteiger partial charge in [-0.15, -0.1) is 23.2 Å². The second-order valence-corrected chi connectivity index (χ2v) is 5.88. The summed E-state index contributed by atoms with van der Waals surface area (Å²) in [6, 6.07) is -0.502. The van der Waals surface area contributed by atoms with Gasteiger partial charge in [0.25, 0.3) is 0 Å². The first-order chi connectivity index (χ1) is 5.94. The lowest BCUT2D eigenvalue weighted by molar-refractivity contribution is -0.119. The van der Waals surface area contributed by atoms with E-state index in [2.05, 4.69) is 5.32 Å². The van der Waals surface area contributed by atoms with Gasteiger partial charge in [-0.2, -0.15) is 0 Å². The number of hydrogen-bond acceptors (Lipinski definition) is 3. The highest BCUT2D eigenvalue weighted by atomic mass is 35.5. The van der Waals surface area contributed by atoms with E-state index in [-0.39, 0.29) is 17.4 Å². The van der Waals surface area contributed by atoms with Gasteiger partial charge in [0, 0.05) is 0 Å². The maximum absolute atomic E-state index is 11.1. The van der Waals surface area contributed by atoms with Crippen molar-refractivity contribution in [3.05, 3.63) is 0 Å². The Labute approximate surface area is 86.5 Å². The molecule has 0 radical (unpaired) electrons. The Morgan fingerprint density at radius 1 is 1.46 bits per heavy atom.